The summed E-state index contributed by atoms with van der Waals surface area (Å²) in [5.41, 5.74) is 13.6. The number of nitrogens with zero attached hydrogens (tertiary/aromatic N) is 3. The minimum atomic E-state index is -0.00268. The first kappa shape index (κ1) is 38.5. The van der Waals surface area contributed by atoms with E-state index >= 15 is 0 Å². The molecule has 0 radical (unpaired) electrons. The molecule has 1 aliphatic rings. The van der Waals surface area contributed by atoms with Crippen LogP contribution in [0.3, 0.4) is 0 Å². The molecular weight excluding hydrogens is 831 g/mol. The Bertz CT molecular complexity index is 4310. The van der Waals surface area contributed by atoms with Crippen molar-refractivity contribution < 1.29 is 8.83 Å². The molecule has 0 N–H and O–H groups in total. The third kappa shape index (κ3) is 5.95. The van der Waals surface area contributed by atoms with E-state index in [0.29, 0.717) is 12.3 Å². The van der Waals surface area contributed by atoms with E-state index in [0.717, 1.165) is 99.8 Å². The monoisotopic (exact) mass is 871 g/mol. The molecule has 4 heterocycles. The molecule has 0 fully saturated rings. The Kier molecular flexibility index (Phi) is 8.56. The second-order valence-electron chi connectivity index (χ2n) is 18.1. The Hall–Kier alpha value is -8.80. The van der Waals surface area contributed by atoms with Gasteiger partial charge < -0.3 is 13.4 Å². The molecule has 5 heteroatoms. The van der Waals surface area contributed by atoms with Crippen molar-refractivity contribution in [2.75, 3.05) is 0 Å². The second-order valence-corrected chi connectivity index (χ2v) is 18.1. The van der Waals surface area contributed by atoms with Crippen LogP contribution in [0.1, 0.15) is 30.0 Å². The highest BCUT2D eigenvalue weighted by molar-refractivity contribution is 6.24. The minimum absolute atomic E-state index is 0.00268. The van der Waals surface area contributed by atoms with Gasteiger partial charge in [0.25, 0.3) is 0 Å². The maximum atomic E-state index is 6.74. The summed E-state index contributed by atoms with van der Waals surface area (Å²) < 4.78 is 15.9. The highest BCUT2D eigenvalue weighted by atomic mass is 16.3. The number of hydrogen-bond acceptors (Lipinski definition) is 4. The van der Waals surface area contributed by atoms with Gasteiger partial charge in [-0.2, -0.15) is 0 Å². The summed E-state index contributed by atoms with van der Waals surface area (Å²) in [6, 6.07) is 73.3. The molecule has 5 nitrogen and oxygen atoms in total. The largest absolute Gasteiger partial charge is 0.456 e. The fraction of sp³-hybridized carbons (Fsp3) is 0.0476. The van der Waals surface area contributed by atoms with Crippen LogP contribution in [0.5, 0.6) is 0 Å². The van der Waals surface area contributed by atoms with Gasteiger partial charge in [0.05, 0.1) is 33.5 Å². The highest BCUT2D eigenvalue weighted by Crippen LogP contribution is 2.45. The molecule has 68 heavy (non-hydrogen) atoms. The number of allylic oxidation sites excluding steroid dienone is 1. The molecule has 13 aromatic rings. The lowest BCUT2D eigenvalue weighted by Gasteiger charge is -2.21. The molecule has 320 valence electrons. The summed E-state index contributed by atoms with van der Waals surface area (Å²) in [5.74, 6) is 0.627. The summed E-state index contributed by atoms with van der Waals surface area (Å²) in [6.07, 6.45) is 3.02. The fourth-order valence-electron chi connectivity index (χ4n) is 10.8. The lowest BCUT2D eigenvalue weighted by Crippen LogP contribution is -2.17. The first-order valence-electron chi connectivity index (χ1n) is 23.4. The standard InChI is InChI=1S/C63H41N3O2/c1-38-29-33-53(64-63(44-21-13-20-41(35-44)39-15-3-2-4-16-39)65-59(38)51-26-14-25-48-46-23-9-11-27-55(46)68-62(48)51)49-32-34-57-58(50-24-10-12-28-56(50)67-57)61(49)66-54-37-43-19-6-5-18-42(43)36-52(54)47-31-30-40-17-7-8-22-45(40)60(47)66/h2-28,30-38H,29H2,1H3/b53-33+,64-63?,65-59?. The van der Waals surface area contributed by atoms with Crippen LogP contribution in [-0.4, -0.2) is 16.1 Å². The predicted octanol–water partition coefficient (Wildman–Crippen LogP) is 16.9. The number of furan rings is 2. The molecule has 0 saturated heterocycles. The maximum absolute atomic E-state index is 6.74. The molecule has 0 saturated carbocycles. The number of aromatic nitrogens is 1. The Morgan fingerprint density at radius 1 is 0.456 bits per heavy atom. The van der Waals surface area contributed by atoms with Crippen LogP contribution in [0.2, 0.25) is 0 Å². The number of fused-ring (bicyclic) bond motifs is 12. The third-order valence-corrected chi connectivity index (χ3v) is 14.0. The molecule has 14 rings (SSSR count). The van der Waals surface area contributed by atoms with Crippen LogP contribution >= 0.6 is 0 Å². The molecule has 3 aromatic heterocycles. The van der Waals surface area contributed by atoms with E-state index in [1.165, 1.54) is 32.3 Å². The lowest BCUT2D eigenvalue weighted by atomic mass is 9.92. The molecule has 0 bridgehead atoms. The summed E-state index contributed by atoms with van der Waals surface area (Å²) in [6.45, 7) is 2.27. The molecule has 1 aliphatic heterocycles. The zero-order valence-electron chi connectivity index (χ0n) is 37.1. The number of rotatable bonds is 5. The normalized spacial score (nSPS) is 15.4. The van der Waals surface area contributed by atoms with E-state index in [-0.39, 0.29) is 5.92 Å². The van der Waals surface area contributed by atoms with Gasteiger partial charge in [-0.3, -0.25) is 0 Å². The quantitative estimate of drug-likeness (QED) is 0.173. The second kappa shape index (κ2) is 15.1. The van der Waals surface area contributed by atoms with Crippen LogP contribution in [0.4, 0.5) is 0 Å². The van der Waals surface area contributed by atoms with Crippen LogP contribution in [0.15, 0.2) is 231 Å². The van der Waals surface area contributed by atoms with E-state index in [2.05, 4.69) is 206 Å². The Morgan fingerprint density at radius 2 is 1.13 bits per heavy atom. The van der Waals surface area contributed by atoms with Crippen molar-refractivity contribution in [3.05, 3.63) is 229 Å². The van der Waals surface area contributed by atoms with Crippen LogP contribution in [0.25, 0.3) is 110 Å². The SMILES string of the molecule is CC1C/C=C(\c2ccc3oc4ccccc4c3c2-n2c3cc4ccccc4cc3c3ccc4ccccc4c32)N=C(c2cccc(-c3ccccc3)c2)N=C1c1cccc2c1oc1ccccc12. The van der Waals surface area contributed by atoms with Gasteiger partial charge >= 0.3 is 0 Å². The van der Waals surface area contributed by atoms with Crippen LogP contribution < -0.4 is 0 Å². The molecule has 1 unspecified atom stereocenters. The van der Waals surface area contributed by atoms with E-state index in [9.17, 15) is 0 Å². The van der Waals surface area contributed by atoms with Gasteiger partial charge in [-0.15, -0.1) is 0 Å². The zero-order valence-corrected chi connectivity index (χ0v) is 37.1. The highest BCUT2D eigenvalue weighted by Gasteiger charge is 2.27. The van der Waals surface area contributed by atoms with Crippen LogP contribution in [-0.2, 0) is 0 Å². The molecule has 0 amide bonds. The van der Waals surface area contributed by atoms with Crippen molar-refractivity contribution >= 4 is 104 Å². The van der Waals surface area contributed by atoms with E-state index in [4.69, 9.17) is 18.8 Å². The third-order valence-electron chi connectivity index (χ3n) is 14.0. The Morgan fingerprint density at radius 3 is 1.99 bits per heavy atom. The number of para-hydroxylation sites is 3. The van der Waals surface area contributed by atoms with E-state index in [1.54, 1.807) is 0 Å². The number of amidine groups is 1. The first-order valence-corrected chi connectivity index (χ1v) is 23.4. The summed E-state index contributed by atoms with van der Waals surface area (Å²) in [4.78, 5) is 11.5. The Labute approximate surface area is 391 Å². The van der Waals surface area contributed by atoms with E-state index < -0.39 is 0 Å². The summed E-state index contributed by atoms with van der Waals surface area (Å²) in [5, 5.41) is 11.4. The van der Waals surface area contributed by atoms with Gasteiger partial charge in [-0.1, -0.05) is 171 Å². The number of aliphatic imine (C=N–C) groups is 2. The topological polar surface area (TPSA) is 55.9 Å². The summed E-state index contributed by atoms with van der Waals surface area (Å²) >= 11 is 0. The summed E-state index contributed by atoms with van der Waals surface area (Å²) in [7, 11) is 0. The van der Waals surface area contributed by atoms with Gasteiger partial charge in [-0.25, -0.2) is 9.98 Å². The molecule has 0 aliphatic carbocycles. The minimum Gasteiger partial charge on any atom is -0.456 e. The van der Waals surface area contributed by atoms with Crippen molar-refractivity contribution in [3.8, 4) is 16.8 Å². The van der Waals surface area contributed by atoms with Crippen molar-refractivity contribution in [1.29, 1.82) is 0 Å². The van der Waals surface area contributed by atoms with Gasteiger partial charge in [0.2, 0.25) is 0 Å². The molecule has 0 spiro atoms. The average Bonchev–Trinajstić information content (AvgIpc) is 4.07. The predicted molar refractivity (Wildman–Crippen MR) is 284 cm³/mol. The van der Waals surface area contributed by atoms with Crippen molar-refractivity contribution in [2.24, 2.45) is 15.9 Å². The van der Waals surface area contributed by atoms with Gasteiger partial charge in [-0.05, 0) is 82.2 Å². The number of benzene rings is 10. The van der Waals surface area contributed by atoms with Gasteiger partial charge in [0, 0.05) is 54.9 Å². The lowest BCUT2D eigenvalue weighted by molar-refractivity contribution is 0.666. The van der Waals surface area contributed by atoms with Crippen molar-refractivity contribution in [3.63, 3.8) is 0 Å². The molecule has 1 atom stereocenters. The van der Waals surface area contributed by atoms with Crippen molar-refractivity contribution in [2.45, 2.75) is 13.3 Å². The van der Waals surface area contributed by atoms with Crippen molar-refractivity contribution in [1.82, 2.24) is 4.57 Å². The number of hydrogen-bond donors (Lipinski definition) is 0. The fourth-order valence-corrected chi connectivity index (χ4v) is 10.8. The Balaban J connectivity index is 1.09. The molecular formula is C63H41N3O2. The zero-order chi connectivity index (χ0) is 44.9. The maximum Gasteiger partial charge on any atom is 0.160 e. The molecule has 10 aromatic carbocycles. The van der Waals surface area contributed by atoms with Crippen LogP contribution in [0, 0.1) is 5.92 Å². The smallest absolute Gasteiger partial charge is 0.160 e. The van der Waals surface area contributed by atoms with Gasteiger partial charge in [0.15, 0.2) is 5.84 Å². The first-order chi connectivity index (χ1) is 33.6. The average molecular weight is 872 g/mol. The van der Waals surface area contributed by atoms with E-state index in [1.807, 2.05) is 18.2 Å². The van der Waals surface area contributed by atoms with Gasteiger partial charge in [0.1, 0.15) is 22.3 Å².